The Kier molecular flexibility index (Phi) is 11.8. The molecule has 0 spiro atoms. The highest BCUT2D eigenvalue weighted by Crippen LogP contribution is 2.37. The molecule has 0 aliphatic carbocycles. The van der Waals surface area contributed by atoms with E-state index in [1.54, 1.807) is 6.92 Å². The van der Waals surface area contributed by atoms with Crippen LogP contribution in [0.4, 0.5) is 10.1 Å². The number of nitrogens with zero attached hydrogens (tertiary/aromatic N) is 2. The molecule has 0 radical (unpaired) electrons. The topological polar surface area (TPSA) is 114 Å². The Bertz CT molecular complexity index is 1570. The van der Waals surface area contributed by atoms with Gasteiger partial charge in [0.2, 0.25) is 11.8 Å². The molecule has 0 heterocycles. The second-order valence-electron chi connectivity index (χ2n) is 9.99. The summed E-state index contributed by atoms with van der Waals surface area (Å²) in [7, 11) is -0.328. The van der Waals surface area contributed by atoms with E-state index in [-0.39, 0.29) is 39.7 Å². The number of carbonyl (C=O) groups is 2. The number of ether oxygens (including phenoxy) is 3. The number of anilines is 1. The number of rotatable bonds is 14. The maximum atomic E-state index is 14.3. The second kappa shape index (κ2) is 15.1. The van der Waals surface area contributed by atoms with E-state index in [0.29, 0.717) is 17.7 Å². The van der Waals surface area contributed by atoms with Gasteiger partial charge < -0.3 is 24.4 Å². The maximum absolute atomic E-state index is 14.3. The van der Waals surface area contributed by atoms with Crippen LogP contribution in [0.25, 0.3) is 0 Å². The van der Waals surface area contributed by atoms with Crippen molar-refractivity contribution in [3.8, 4) is 17.2 Å². The molecule has 3 aromatic carbocycles. The summed E-state index contributed by atoms with van der Waals surface area (Å²) in [5, 5.41) is 3.06. The van der Waals surface area contributed by atoms with E-state index < -0.39 is 40.2 Å². The van der Waals surface area contributed by atoms with Gasteiger partial charge >= 0.3 is 0 Å². The minimum Gasteiger partial charge on any atom is -0.495 e. The first-order chi connectivity index (χ1) is 20.9. The minimum absolute atomic E-state index is 0.00146. The lowest BCUT2D eigenvalue weighted by Gasteiger charge is -2.33. The predicted octanol–water partition coefficient (Wildman–Crippen LogP) is 5.03. The molecule has 10 nitrogen and oxygen atoms in total. The second-order valence-corrected chi connectivity index (χ2v) is 12.3. The van der Waals surface area contributed by atoms with Gasteiger partial charge in [-0.15, -0.1) is 0 Å². The largest absolute Gasteiger partial charge is 0.495 e. The van der Waals surface area contributed by atoms with Crippen LogP contribution in [0.15, 0.2) is 65.6 Å². The molecule has 0 bridgehead atoms. The third-order valence-corrected chi connectivity index (χ3v) is 9.06. The molecule has 3 rings (SSSR count). The van der Waals surface area contributed by atoms with Crippen molar-refractivity contribution in [2.45, 2.75) is 50.7 Å². The van der Waals surface area contributed by atoms with Gasteiger partial charge in [-0.2, -0.15) is 0 Å². The van der Waals surface area contributed by atoms with Gasteiger partial charge in [0, 0.05) is 23.7 Å². The Balaban J connectivity index is 2.14. The summed E-state index contributed by atoms with van der Waals surface area (Å²) in [5.74, 6) is -0.989. The highest BCUT2D eigenvalue weighted by atomic mass is 35.5. The van der Waals surface area contributed by atoms with Crippen molar-refractivity contribution in [1.82, 2.24) is 10.2 Å². The average molecular weight is 650 g/mol. The van der Waals surface area contributed by atoms with Gasteiger partial charge in [0.15, 0.2) is 11.5 Å². The monoisotopic (exact) mass is 649 g/mol. The van der Waals surface area contributed by atoms with Crippen LogP contribution in [0.3, 0.4) is 0 Å². The smallest absolute Gasteiger partial charge is 0.265 e. The van der Waals surface area contributed by atoms with Gasteiger partial charge in [-0.1, -0.05) is 30.7 Å². The van der Waals surface area contributed by atoms with Crippen LogP contribution >= 0.6 is 11.6 Å². The molecule has 0 unspecified atom stereocenters. The maximum Gasteiger partial charge on any atom is 0.265 e. The summed E-state index contributed by atoms with van der Waals surface area (Å²) in [6, 6.07) is 12.7. The van der Waals surface area contributed by atoms with Crippen molar-refractivity contribution in [1.29, 1.82) is 0 Å². The average Bonchev–Trinajstić information content (AvgIpc) is 3.02. The summed E-state index contributed by atoms with van der Waals surface area (Å²) in [6.45, 7) is 4.47. The molecular weight excluding hydrogens is 613 g/mol. The SMILES string of the molecule is CC[C@H](C)NC(=O)[C@@H](C)N(Cc1ccc(F)cc1)C(=O)CN(c1cc(Cl)ccc1OC)S(=O)(=O)c1ccc(OC)c(OC)c1. The van der Waals surface area contributed by atoms with Crippen LogP contribution in [-0.2, 0) is 26.2 Å². The Morgan fingerprint density at radius 1 is 0.909 bits per heavy atom. The molecule has 0 saturated carbocycles. The summed E-state index contributed by atoms with van der Waals surface area (Å²) in [6.07, 6.45) is 0.663. The van der Waals surface area contributed by atoms with Crippen molar-refractivity contribution in [2.75, 3.05) is 32.2 Å². The molecule has 238 valence electrons. The van der Waals surface area contributed by atoms with Gasteiger partial charge in [-0.25, -0.2) is 12.8 Å². The van der Waals surface area contributed by atoms with E-state index in [2.05, 4.69) is 5.32 Å². The van der Waals surface area contributed by atoms with Gasteiger partial charge in [-0.05, 0) is 68.3 Å². The number of hydrogen-bond acceptors (Lipinski definition) is 7. The van der Waals surface area contributed by atoms with E-state index in [1.807, 2.05) is 13.8 Å². The molecule has 13 heteroatoms. The lowest BCUT2D eigenvalue weighted by atomic mass is 10.1. The fourth-order valence-corrected chi connectivity index (χ4v) is 5.91. The van der Waals surface area contributed by atoms with Crippen molar-refractivity contribution >= 4 is 39.1 Å². The Morgan fingerprint density at radius 3 is 2.11 bits per heavy atom. The summed E-state index contributed by atoms with van der Waals surface area (Å²) < 4.78 is 59.1. The van der Waals surface area contributed by atoms with Gasteiger partial charge in [-0.3, -0.25) is 13.9 Å². The molecule has 3 aromatic rings. The van der Waals surface area contributed by atoms with E-state index in [4.69, 9.17) is 25.8 Å². The fourth-order valence-electron chi connectivity index (χ4n) is 4.31. The Morgan fingerprint density at radius 2 is 1.52 bits per heavy atom. The first-order valence-corrected chi connectivity index (χ1v) is 15.6. The van der Waals surface area contributed by atoms with Crippen LogP contribution in [0.2, 0.25) is 5.02 Å². The number of methoxy groups -OCH3 is 3. The molecule has 2 atom stereocenters. The minimum atomic E-state index is -4.48. The number of halogens is 2. The van der Waals surface area contributed by atoms with Crippen LogP contribution in [-0.4, -0.2) is 65.1 Å². The zero-order valence-electron chi connectivity index (χ0n) is 25.5. The predicted molar refractivity (Wildman–Crippen MR) is 166 cm³/mol. The van der Waals surface area contributed by atoms with Gasteiger partial charge in [0.1, 0.15) is 24.2 Å². The van der Waals surface area contributed by atoms with E-state index >= 15 is 0 Å². The molecule has 2 amide bonds. The first-order valence-electron chi connectivity index (χ1n) is 13.8. The lowest BCUT2D eigenvalue weighted by molar-refractivity contribution is -0.139. The number of benzene rings is 3. The molecule has 0 aromatic heterocycles. The van der Waals surface area contributed by atoms with E-state index in [1.165, 1.54) is 86.9 Å². The summed E-state index contributed by atoms with van der Waals surface area (Å²) in [4.78, 5) is 28.4. The molecular formula is C31H37ClFN3O7S. The lowest BCUT2D eigenvalue weighted by Crippen LogP contribution is -2.52. The van der Waals surface area contributed by atoms with E-state index in [9.17, 15) is 22.4 Å². The van der Waals surface area contributed by atoms with Crippen molar-refractivity contribution in [3.63, 3.8) is 0 Å². The molecule has 0 aliphatic rings. The standard InChI is InChI=1S/C31H37ClFN3O7S/c1-7-20(2)34-31(38)21(3)35(18-22-8-11-24(33)12-9-22)30(37)19-36(26-16-23(32)10-14-27(26)41-4)44(39,40)25-13-15-28(42-5)29(17-25)43-6/h8-17,20-21H,7,18-19H2,1-6H3,(H,34,38)/t20-,21+/m0/s1. The van der Waals surface area contributed by atoms with E-state index in [0.717, 1.165) is 4.31 Å². The van der Waals surface area contributed by atoms with Crippen molar-refractivity contribution in [3.05, 3.63) is 77.1 Å². The van der Waals surface area contributed by atoms with Crippen LogP contribution in [0.5, 0.6) is 17.2 Å². The van der Waals surface area contributed by atoms with Gasteiger partial charge in [0.05, 0.1) is 31.9 Å². The highest BCUT2D eigenvalue weighted by molar-refractivity contribution is 7.92. The normalized spacial score (nSPS) is 12.5. The number of nitrogens with one attached hydrogen (secondary N) is 1. The molecule has 0 fully saturated rings. The zero-order chi connectivity index (χ0) is 32.6. The molecule has 0 aliphatic heterocycles. The number of sulfonamides is 1. The summed E-state index contributed by atoms with van der Waals surface area (Å²) in [5.41, 5.74) is 0.541. The third kappa shape index (κ3) is 8.11. The van der Waals surface area contributed by atoms with Crippen LogP contribution in [0.1, 0.15) is 32.8 Å². The quantitative estimate of drug-likeness (QED) is 0.261. The molecule has 1 N–H and O–H groups in total. The number of amides is 2. The first kappa shape index (κ1) is 34.5. The van der Waals surface area contributed by atoms with Crippen molar-refractivity contribution < 1.29 is 36.6 Å². The fraction of sp³-hybridized carbons (Fsp3) is 0.355. The zero-order valence-corrected chi connectivity index (χ0v) is 27.0. The summed E-state index contributed by atoms with van der Waals surface area (Å²) >= 11 is 6.28. The van der Waals surface area contributed by atoms with Crippen molar-refractivity contribution in [2.24, 2.45) is 0 Å². The molecule has 44 heavy (non-hydrogen) atoms. The van der Waals surface area contributed by atoms with Crippen LogP contribution < -0.4 is 23.8 Å². The Hall–Kier alpha value is -4.03. The number of carbonyl (C=O) groups excluding carboxylic acids is 2. The highest BCUT2D eigenvalue weighted by Gasteiger charge is 2.34. The Labute approximate surface area is 262 Å². The van der Waals surface area contributed by atoms with Gasteiger partial charge in [0.25, 0.3) is 10.0 Å². The molecule has 0 saturated heterocycles. The number of hydrogen-bond donors (Lipinski definition) is 1. The third-order valence-electron chi connectivity index (χ3n) is 7.07. The van der Waals surface area contributed by atoms with Crippen LogP contribution in [0, 0.1) is 5.82 Å².